The maximum atomic E-state index is 12.5. The summed E-state index contributed by atoms with van der Waals surface area (Å²) in [6.07, 6.45) is 4.53. The third-order valence-corrected chi connectivity index (χ3v) is 5.77. The highest BCUT2D eigenvalue weighted by Gasteiger charge is 2.14. The smallest absolute Gasteiger partial charge is 0.234 e. The predicted molar refractivity (Wildman–Crippen MR) is 114 cm³/mol. The number of imidazole rings is 1. The van der Waals surface area contributed by atoms with Gasteiger partial charge in [-0.05, 0) is 43.2 Å². The molecule has 1 aromatic heterocycles. The monoisotopic (exact) mass is 409 g/mol. The average molecular weight is 410 g/mol. The van der Waals surface area contributed by atoms with E-state index in [0.29, 0.717) is 30.4 Å². The first-order chi connectivity index (χ1) is 14.1. The van der Waals surface area contributed by atoms with Gasteiger partial charge in [-0.3, -0.25) is 9.36 Å². The van der Waals surface area contributed by atoms with E-state index in [1.807, 2.05) is 29.0 Å². The van der Waals surface area contributed by atoms with Gasteiger partial charge in [-0.25, -0.2) is 4.98 Å². The van der Waals surface area contributed by atoms with E-state index in [1.165, 1.54) is 22.9 Å². The van der Waals surface area contributed by atoms with Crippen molar-refractivity contribution in [2.45, 2.75) is 25.4 Å². The lowest BCUT2D eigenvalue weighted by atomic mass is 10.1. The summed E-state index contributed by atoms with van der Waals surface area (Å²) in [4.78, 5) is 16.9. The molecule has 2 aromatic carbocycles. The maximum Gasteiger partial charge on any atom is 0.234 e. The zero-order chi connectivity index (χ0) is 20.2. The number of aryl methyl sites for hydroxylation is 1. The van der Waals surface area contributed by atoms with Crippen LogP contribution in [0.4, 0.5) is 5.69 Å². The summed E-state index contributed by atoms with van der Waals surface area (Å²) in [7, 11) is 0. The van der Waals surface area contributed by atoms with Gasteiger partial charge in [0, 0.05) is 30.6 Å². The molecule has 150 valence electrons. The van der Waals surface area contributed by atoms with Crippen LogP contribution in [0.3, 0.4) is 0 Å². The third-order valence-electron chi connectivity index (χ3n) is 4.81. The van der Waals surface area contributed by atoms with Gasteiger partial charge in [-0.2, -0.15) is 0 Å². The molecule has 0 saturated heterocycles. The molecular weight excluding hydrogens is 386 g/mol. The van der Waals surface area contributed by atoms with E-state index in [1.54, 1.807) is 12.3 Å². The first-order valence-corrected chi connectivity index (χ1v) is 10.5. The standard InChI is InChI=1S/C22H23N3O3S/c1-15-5-3-6-18(16(15)2)25-10-9-23-22(25)29-14-21(26)24-17-7-8-19-20(13-17)28-12-4-11-27-19/h3,5-10,13H,4,11-12,14H2,1-2H3,(H,24,26). The molecule has 2 heterocycles. The SMILES string of the molecule is Cc1cccc(-n2ccnc2SCC(=O)Nc2ccc3c(c2)OCCCO3)c1C. The molecule has 0 fully saturated rings. The van der Waals surface area contributed by atoms with Gasteiger partial charge in [-0.15, -0.1) is 0 Å². The summed E-state index contributed by atoms with van der Waals surface area (Å²) in [6.45, 7) is 5.44. The van der Waals surface area contributed by atoms with Crippen molar-refractivity contribution in [3.63, 3.8) is 0 Å². The molecular formula is C22H23N3O3S. The Morgan fingerprint density at radius 3 is 2.86 bits per heavy atom. The molecule has 0 radical (unpaired) electrons. The minimum atomic E-state index is -0.0972. The molecule has 3 aromatic rings. The normalized spacial score (nSPS) is 13.0. The second-order valence-corrected chi connectivity index (χ2v) is 7.79. The molecule has 6 nitrogen and oxygen atoms in total. The first kappa shape index (κ1) is 19.4. The highest BCUT2D eigenvalue weighted by atomic mass is 32.2. The Morgan fingerprint density at radius 2 is 2.00 bits per heavy atom. The van der Waals surface area contributed by atoms with Crippen LogP contribution in [0.5, 0.6) is 11.5 Å². The molecule has 29 heavy (non-hydrogen) atoms. The number of amides is 1. The van der Waals surface area contributed by atoms with E-state index >= 15 is 0 Å². The number of nitrogens with one attached hydrogen (secondary N) is 1. The number of fused-ring (bicyclic) bond motifs is 1. The summed E-state index contributed by atoms with van der Waals surface area (Å²) >= 11 is 1.41. The van der Waals surface area contributed by atoms with Crippen LogP contribution < -0.4 is 14.8 Å². The number of rotatable bonds is 5. The number of thioether (sulfide) groups is 1. The summed E-state index contributed by atoms with van der Waals surface area (Å²) in [5.74, 6) is 1.54. The van der Waals surface area contributed by atoms with Gasteiger partial charge >= 0.3 is 0 Å². The van der Waals surface area contributed by atoms with Crippen LogP contribution in [0.15, 0.2) is 53.9 Å². The molecule has 0 spiro atoms. The Bertz CT molecular complexity index is 1030. The number of aromatic nitrogens is 2. The zero-order valence-corrected chi connectivity index (χ0v) is 17.3. The number of carbonyl (C=O) groups excluding carboxylic acids is 1. The Hall–Kier alpha value is -2.93. The molecule has 0 saturated carbocycles. The van der Waals surface area contributed by atoms with Crippen molar-refractivity contribution < 1.29 is 14.3 Å². The Kier molecular flexibility index (Phi) is 5.76. The molecule has 7 heteroatoms. The molecule has 4 rings (SSSR count). The fourth-order valence-corrected chi connectivity index (χ4v) is 3.91. The van der Waals surface area contributed by atoms with Gasteiger partial charge < -0.3 is 14.8 Å². The minimum absolute atomic E-state index is 0.0972. The molecule has 1 N–H and O–H groups in total. The predicted octanol–water partition coefficient (Wildman–Crippen LogP) is 4.38. The van der Waals surface area contributed by atoms with Crippen LogP contribution >= 0.6 is 11.8 Å². The number of ether oxygens (including phenoxy) is 2. The molecule has 0 unspecified atom stereocenters. The highest BCUT2D eigenvalue weighted by molar-refractivity contribution is 7.99. The van der Waals surface area contributed by atoms with Gasteiger partial charge in [0.2, 0.25) is 5.91 Å². The zero-order valence-electron chi connectivity index (χ0n) is 16.5. The minimum Gasteiger partial charge on any atom is -0.490 e. The number of carbonyl (C=O) groups is 1. The first-order valence-electron chi connectivity index (χ1n) is 9.54. The van der Waals surface area contributed by atoms with Gasteiger partial charge in [-0.1, -0.05) is 23.9 Å². The second-order valence-electron chi connectivity index (χ2n) is 6.85. The fourth-order valence-electron chi connectivity index (χ4n) is 3.14. The highest BCUT2D eigenvalue weighted by Crippen LogP contribution is 2.32. The number of hydrogen-bond donors (Lipinski definition) is 1. The maximum absolute atomic E-state index is 12.5. The molecule has 1 aliphatic heterocycles. The fraction of sp³-hybridized carbons (Fsp3) is 0.273. The van der Waals surface area contributed by atoms with Crippen LogP contribution in [-0.4, -0.2) is 34.4 Å². The van der Waals surface area contributed by atoms with Crippen molar-refractivity contribution in [1.29, 1.82) is 0 Å². The molecule has 1 aliphatic rings. The van der Waals surface area contributed by atoms with Crippen molar-refractivity contribution in [3.05, 3.63) is 59.9 Å². The number of benzene rings is 2. The van der Waals surface area contributed by atoms with Crippen LogP contribution in [0.2, 0.25) is 0 Å². The van der Waals surface area contributed by atoms with E-state index in [4.69, 9.17) is 9.47 Å². The molecule has 0 aliphatic carbocycles. The second kappa shape index (κ2) is 8.61. The van der Waals surface area contributed by atoms with Gasteiger partial charge in [0.05, 0.1) is 24.7 Å². The average Bonchev–Trinajstić information content (AvgIpc) is 3.05. The van der Waals surface area contributed by atoms with E-state index < -0.39 is 0 Å². The summed E-state index contributed by atoms with van der Waals surface area (Å²) in [6, 6.07) is 11.6. The van der Waals surface area contributed by atoms with E-state index in [0.717, 1.165) is 17.3 Å². The van der Waals surface area contributed by atoms with Gasteiger partial charge in [0.25, 0.3) is 0 Å². The van der Waals surface area contributed by atoms with Gasteiger partial charge in [0.1, 0.15) is 0 Å². The topological polar surface area (TPSA) is 65.4 Å². The largest absolute Gasteiger partial charge is 0.490 e. The molecule has 0 atom stereocenters. The van der Waals surface area contributed by atoms with Crippen LogP contribution in [-0.2, 0) is 4.79 Å². The lowest BCUT2D eigenvalue weighted by Crippen LogP contribution is -2.14. The van der Waals surface area contributed by atoms with E-state index in [9.17, 15) is 4.79 Å². The summed E-state index contributed by atoms with van der Waals surface area (Å²) in [5, 5.41) is 3.71. The number of hydrogen-bond acceptors (Lipinski definition) is 5. The van der Waals surface area contributed by atoms with Gasteiger partial charge in [0.15, 0.2) is 16.7 Å². The van der Waals surface area contributed by atoms with E-state index in [-0.39, 0.29) is 11.7 Å². The van der Waals surface area contributed by atoms with Crippen molar-refractivity contribution in [3.8, 4) is 17.2 Å². The van der Waals surface area contributed by atoms with Crippen molar-refractivity contribution in [2.75, 3.05) is 24.3 Å². The van der Waals surface area contributed by atoms with Crippen molar-refractivity contribution >= 4 is 23.4 Å². The quantitative estimate of drug-likeness (QED) is 0.634. The lowest BCUT2D eigenvalue weighted by molar-refractivity contribution is -0.113. The Labute approximate surface area is 174 Å². The Balaban J connectivity index is 1.42. The number of anilines is 1. The van der Waals surface area contributed by atoms with Crippen molar-refractivity contribution in [1.82, 2.24) is 9.55 Å². The molecule has 1 amide bonds. The van der Waals surface area contributed by atoms with Crippen LogP contribution in [0, 0.1) is 13.8 Å². The lowest BCUT2D eigenvalue weighted by Gasteiger charge is -2.12. The summed E-state index contributed by atoms with van der Waals surface area (Å²) < 4.78 is 13.3. The van der Waals surface area contributed by atoms with E-state index in [2.05, 4.69) is 36.3 Å². The summed E-state index contributed by atoms with van der Waals surface area (Å²) in [5.41, 5.74) is 4.19. The van der Waals surface area contributed by atoms with Crippen LogP contribution in [0.1, 0.15) is 17.5 Å². The van der Waals surface area contributed by atoms with Crippen LogP contribution in [0.25, 0.3) is 5.69 Å². The van der Waals surface area contributed by atoms with Crippen molar-refractivity contribution in [2.24, 2.45) is 0 Å². The third kappa shape index (κ3) is 4.40. The number of nitrogens with zero attached hydrogens (tertiary/aromatic N) is 2. The molecule has 0 bridgehead atoms. The Morgan fingerprint density at radius 1 is 1.17 bits per heavy atom.